The monoisotopic (exact) mass is 444 g/mol. The normalized spacial score (nSPS) is 11.6. The molecule has 0 aliphatic heterocycles. The van der Waals surface area contributed by atoms with Crippen LogP contribution in [0.3, 0.4) is 0 Å². The molecule has 0 fully saturated rings. The first kappa shape index (κ1) is 21.5. The van der Waals surface area contributed by atoms with E-state index in [1.54, 1.807) is 24.3 Å². The van der Waals surface area contributed by atoms with Crippen LogP contribution in [0.25, 0.3) is 0 Å². The Labute approximate surface area is 182 Å². The van der Waals surface area contributed by atoms with E-state index in [0.29, 0.717) is 28.1 Å². The van der Waals surface area contributed by atoms with Crippen LogP contribution in [0, 0.1) is 5.41 Å². The maximum Gasteiger partial charge on any atom is 0.269 e. The zero-order valence-corrected chi connectivity index (χ0v) is 17.3. The molecular weight excluding hydrogens is 427 g/mol. The molecule has 30 heavy (non-hydrogen) atoms. The molecule has 2 aromatic heterocycles. The predicted octanol–water partition coefficient (Wildman–Crippen LogP) is 3.18. The molecule has 0 saturated heterocycles. The molecule has 0 spiro atoms. The molecule has 0 unspecified atom stereocenters. The van der Waals surface area contributed by atoms with Crippen LogP contribution in [0.4, 0.5) is 5.69 Å². The number of nitrogens with one attached hydrogen (secondary N) is 2. The van der Waals surface area contributed by atoms with E-state index in [-0.39, 0.29) is 27.4 Å². The molecular formula is C20H18Cl2N6O2. The fourth-order valence-electron chi connectivity index (χ4n) is 2.68. The Morgan fingerprint density at radius 3 is 2.47 bits per heavy atom. The van der Waals surface area contributed by atoms with Crippen molar-refractivity contribution in [2.24, 2.45) is 5.73 Å². The van der Waals surface area contributed by atoms with Crippen molar-refractivity contribution in [3.05, 3.63) is 81.4 Å². The summed E-state index contributed by atoms with van der Waals surface area (Å²) < 4.78 is 5.77. The molecule has 10 heteroatoms. The van der Waals surface area contributed by atoms with Crippen LogP contribution in [0.1, 0.15) is 33.4 Å². The molecule has 1 amide bonds. The first-order valence-corrected chi connectivity index (χ1v) is 9.45. The van der Waals surface area contributed by atoms with Crippen molar-refractivity contribution in [3.63, 3.8) is 0 Å². The van der Waals surface area contributed by atoms with Gasteiger partial charge >= 0.3 is 0 Å². The molecule has 1 aromatic carbocycles. The Morgan fingerprint density at radius 1 is 1.17 bits per heavy atom. The van der Waals surface area contributed by atoms with E-state index in [1.807, 2.05) is 0 Å². The third-order valence-electron chi connectivity index (χ3n) is 4.24. The van der Waals surface area contributed by atoms with Crippen LogP contribution in [0.5, 0.6) is 5.75 Å². The van der Waals surface area contributed by atoms with E-state index in [2.05, 4.69) is 15.3 Å². The zero-order chi connectivity index (χ0) is 21.8. The van der Waals surface area contributed by atoms with Gasteiger partial charge in [-0.25, -0.2) is 0 Å². The second-order valence-electron chi connectivity index (χ2n) is 6.19. The third-order valence-corrected chi connectivity index (χ3v) is 4.85. The van der Waals surface area contributed by atoms with Gasteiger partial charge in [0.15, 0.2) is 6.23 Å². The van der Waals surface area contributed by atoms with E-state index < -0.39 is 6.23 Å². The topological polar surface area (TPSA) is 140 Å². The molecule has 0 radical (unpaired) electrons. The maximum atomic E-state index is 11.6. The van der Waals surface area contributed by atoms with Crippen LogP contribution in [0.15, 0.2) is 48.9 Å². The molecule has 3 aromatic rings. The number of nitrogens with zero attached hydrogens (tertiary/aromatic N) is 2. The number of carbonyl (C=O) groups excluding carboxylic acids is 1. The molecule has 0 bridgehead atoms. The molecule has 1 atom stereocenters. The van der Waals surface area contributed by atoms with Gasteiger partial charge in [-0.1, -0.05) is 23.2 Å². The number of hydrogen-bond donors (Lipinski definition) is 4. The summed E-state index contributed by atoms with van der Waals surface area (Å²) in [6.45, 7) is 0. The number of amides is 1. The van der Waals surface area contributed by atoms with Crippen molar-refractivity contribution in [3.8, 4) is 5.75 Å². The molecule has 0 saturated carbocycles. The minimum Gasteiger partial charge on any atom is -0.471 e. The second kappa shape index (κ2) is 9.08. The fourth-order valence-corrected chi connectivity index (χ4v) is 3.26. The minimum atomic E-state index is -0.952. The van der Waals surface area contributed by atoms with Gasteiger partial charge < -0.3 is 15.8 Å². The number of aromatic nitrogens is 2. The van der Waals surface area contributed by atoms with Crippen molar-refractivity contribution >= 4 is 40.5 Å². The van der Waals surface area contributed by atoms with Gasteiger partial charge in [-0.05, 0) is 30.3 Å². The fraction of sp³-hybridized carbons (Fsp3) is 0.100. The van der Waals surface area contributed by atoms with Crippen molar-refractivity contribution in [2.75, 3.05) is 12.8 Å². The summed E-state index contributed by atoms with van der Waals surface area (Å²) in [6.07, 6.45) is 3.33. The number of nitrogen functional groups attached to an aromatic ring is 1. The standard InChI is InChI=1S/C20H18Cl2N6O2/c1-26-20(29)16-5-2-10(7-28-16)18(24)12-6-11(3-4-15(12)23)30-19(25)17-13(21)8-27-9-14(17)22/h2-9,19,24H,23,25H2,1H3,(H,26,29)/t19-/m0/s1. The summed E-state index contributed by atoms with van der Waals surface area (Å²) in [4.78, 5) is 19.6. The maximum absolute atomic E-state index is 11.6. The van der Waals surface area contributed by atoms with Crippen LogP contribution >= 0.6 is 23.2 Å². The SMILES string of the molecule is CNC(=O)c1ccc(C(=N)c2cc(O[C@H](N)c3c(Cl)cncc3Cl)ccc2N)cn1. The minimum absolute atomic E-state index is 0.113. The summed E-state index contributed by atoms with van der Waals surface area (Å²) in [5.41, 5.74) is 14.2. The molecule has 2 heterocycles. The van der Waals surface area contributed by atoms with Crippen molar-refractivity contribution < 1.29 is 9.53 Å². The van der Waals surface area contributed by atoms with Crippen molar-refractivity contribution in [1.29, 1.82) is 5.41 Å². The average molecular weight is 445 g/mol. The quantitative estimate of drug-likeness (QED) is 0.261. The van der Waals surface area contributed by atoms with Gasteiger partial charge in [0.1, 0.15) is 11.4 Å². The highest BCUT2D eigenvalue weighted by Gasteiger charge is 2.18. The Kier molecular flexibility index (Phi) is 6.51. The number of halogens is 2. The van der Waals surface area contributed by atoms with Gasteiger partial charge in [-0.15, -0.1) is 0 Å². The lowest BCUT2D eigenvalue weighted by Gasteiger charge is -2.18. The number of rotatable bonds is 6. The second-order valence-corrected chi connectivity index (χ2v) is 7.00. The highest BCUT2D eigenvalue weighted by atomic mass is 35.5. The number of pyridine rings is 2. The first-order chi connectivity index (χ1) is 14.3. The van der Waals surface area contributed by atoms with Crippen LogP contribution < -0.4 is 21.5 Å². The van der Waals surface area contributed by atoms with E-state index in [9.17, 15) is 4.79 Å². The summed E-state index contributed by atoms with van der Waals surface area (Å²) in [7, 11) is 1.52. The summed E-state index contributed by atoms with van der Waals surface area (Å²) in [5, 5.41) is 11.5. The highest BCUT2D eigenvalue weighted by Crippen LogP contribution is 2.31. The average Bonchev–Trinajstić information content (AvgIpc) is 2.74. The van der Waals surface area contributed by atoms with Crippen LogP contribution in [0.2, 0.25) is 10.0 Å². The van der Waals surface area contributed by atoms with E-state index in [1.165, 1.54) is 31.7 Å². The predicted molar refractivity (Wildman–Crippen MR) is 116 cm³/mol. The summed E-state index contributed by atoms with van der Waals surface area (Å²) >= 11 is 12.3. The number of nitrogens with two attached hydrogens (primary N) is 2. The number of carbonyl (C=O) groups is 1. The molecule has 6 N–H and O–H groups in total. The largest absolute Gasteiger partial charge is 0.471 e. The van der Waals surface area contributed by atoms with E-state index >= 15 is 0 Å². The molecule has 0 aliphatic carbocycles. The smallest absolute Gasteiger partial charge is 0.269 e. The number of benzene rings is 1. The molecule has 154 valence electrons. The van der Waals surface area contributed by atoms with Gasteiger partial charge in [-0.2, -0.15) is 0 Å². The Hall–Kier alpha value is -3.20. The van der Waals surface area contributed by atoms with Gasteiger partial charge in [0.25, 0.3) is 5.91 Å². The Bertz CT molecular complexity index is 1080. The highest BCUT2D eigenvalue weighted by molar-refractivity contribution is 6.35. The number of hydrogen-bond acceptors (Lipinski definition) is 7. The van der Waals surface area contributed by atoms with E-state index in [0.717, 1.165) is 0 Å². The molecule has 0 aliphatic rings. The van der Waals surface area contributed by atoms with Gasteiger partial charge in [0, 0.05) is 48.0 Å². The number of ether oxygens (including phenoxy) is 1. The van der Waals surface area contributed by atoms with Crippen LogP contribution in [-0.4, -0.2) is 28.6 Å². The molecule has 8 nitrogen and oxygen atoms in total. The van der Waals surface area contributed by atoms with Gasteiger partial charge in [0.2, 0.25) is 0 Å². The van der Waals surface area contributed by atoms with E-state index in [4.69, 9.17) is 44.8 Å². The Morgan fingerprint density at radius 2 is 1.87 bits per heavy atom. The Balaban J connectivity index is 1.86. The lowest BCUT2D eigenvalue weighted by atomic mass is 10.0. The van der Waals surface area contributed by atoms with Gasteiger partial charge in [0.05, 0.1) is 15.8 Å². The number of anilines is 1. The van der Waals surface area contributed by atoms with Crippen LogP contribution in [-0.2, 0) is 0 Å². The van der Waals surface area contributed by atoms with Crippen molar-refractivity contribution in [1.82, 2.24) is 15.3 Å². The van der Waals surface area contributed by atoms with Gasteiger partial charge in [-0.3, -0.25) is 25.9 Å². The summed E-state index contributed by atoms with van der Waals surface area (Å²) in [5.74, 6) is 0.0562. The third kappa shape index (κ3) is 4.51. The molecule has 3 rings (SSSR count). The lowest BCUT2D eigenvalue weighted by molar-refractivity contribution is 0.0958. The first-order valence-electron chi connectivity index (χ1n) is 8.70. The zero-order valence-electron chi connectivity index (χ0n) is 15.8. The van der Waals surface area contributed by atoms with Crippen molar-refractivity contribution in [2.45, 2.75) is 6.23 Å². The lowest BCUT2D eigenvalue weighted by Crippen LogP contribution is -2.19. The summed E-state index contributed by atoms with van der Waals surface area (Å²) in [6, 6.07) is 7.97.